The molecule has 1 N–H and O–H groups in total. The Morgan fingerprint density at radius 2 is 1.71 bits per heavy atom. The van der Waals surface area contributed by atoms with Crippen LogP contribution in [-0.4, -0.2) is 11.7 Å². The lowest BCUT2D eigenvalue weighted by Gasteiger charge is -2.04. The second kappa shape index (κ2) is 4.83. The van der Waals surface area contributed by atoms with Crippen molar-refractivity contribution < 1.29 is 5.11 Å². The van der Waals surface area contributed by atoms with E-state index in [1.807, 2.05) is 0 Å². The van der Waals surface area contributed by atoms with Gasteiger partial charge < -0.3 is 5.11 Å². The molecule has 0 bridgehead atoms. The normalized spacial score (nSPS) is 9.43. The van der Waals surface area contributed by atoms with Gasteiger partial charge in [-0.1, -0.05) is 29.5 Å². The van der Waals surface area contributed by atoms with Crippen molar-refractivity contribution in [1.82, 2.24) is 0 Å². The molecule has 0 aliphatic heterocycles. The third-order valence-electron chi connectivity index (χ3n) is 2.13. The molecule has 0 amide bonds. The van der Waals surface area contributed by atoms with Gasteiger partial charge in [-0.15, -0.1) is 0 Å². The maximum atomic E-state index is 8.62. The van der Waals surface area contributed by atoms with E-state index in [4.69, 9.17) is 5.11 Å². The standard InChI is InChI=1S/C13H16O/c1-10-8-11(2)13(12(3)9-10)6-4-5-7-14/h8-9,14H,5,7H2,1-3H3. The maximum absolute atomic E-state index is 8.62. The predicted octanol–water partition coefficient (Wildman–Crippen LogP) is 2.35. The zero-order valence-electron chi connectivity index (χ0n) is 9.02. The van der Waals surface area contributed by atoms with Crippen molar-refractivity contribution in [1.29, 1.82) is 0 Å². The van der Waals surface area contributed by atoms with E-state index in [-0.39, 0.29) is 6.61 Å². The summed E-state index contributed by atoms with van der Waals surface area (Å²) >= 11 is 0. The van der Waals surface area contributed by atoms with E-state index in [2.05, 4.69) is 44.7 Å². The van der Waals surface area contributed by atoms with E-state index in [0.717, 1.165) is 5.56 Å². The average Bonchev–Trinajstić information content (AvgIpc) is 2.09. The fourth-order valence-corrected chi connectivity index (χ4v) is 1.58. The fourth-order valence-electron chi connectivity index (χ4n) is 1.58. The van der Waals surface area contributed by atoms with Crippen LogP contribution in [0.5, 0.6) is 0 Å². The highest BCUT2D eigenvalue weighted by atomic mass is 16.2. The summed E-state index contributed by atoms with van der Waals surface area (Å²) in [5, 5.41) is 8.62. The average molecular weight is 188 g/mol. The van der Waals surface area contributed by atoms with Crippen molar-refractivity contribution in [3.05, 3.63) is 34.4 Å². The van der Waals surface area contributed by atoms with Gasteiger partial charge in [0.15, 0.2) is 0 Å². The van der Waals surface area contributed by atoms with Gasteiger partial charge in [-0.05, 0) is 31.9 Å². The number of aliphatic hydroxyl groups excluding tert-OH is 1. The van der Waals surface area contributed by atoms with Crippen molar-refractivity contribution >= 4 is 0 Å². The first-order valence-corrected chi connectivity index (χ1v) is 4.82. The highest BCUT2D eigenvalue weighted by molar-refractivity contribution is 5.48. The maximum Gasteiger partial charge on any atom is 0.0540 e. The quantitative estimate of drug-likeness (QED) is 0.671. The van der Waals surface area contributed by atoms with Crippen LogP contribution in [0.25, 0.3) is 0 Å². The van der Waals surface area contributed by atoms with Crippen LogP contribution in [0.15, 0.2) is 12.1 Å². The highest BCUT2D eigenvalue weighted by Crippen LogP contribution is 2.14. The van der Waals surface area contributed by atoms with Crippen LogP contribution in [-0.2, 0) is 0 Å². The van der Waals surface area contributed by atoms with E-state index in [0.29, 0.717) is 6.42 Å². The van der Waals surface area contributed by atoms with Gasteiger partial charge in [-0.3, -0.25) is 0 Å². The van der Waals surface area contributed by atoms with Gasteiger partial charge in [0.25, 0.3) is 0 Å². The number of aliphatic hydroxyl groups is 1. The van der Waals surface area contributed by atoms with Crippen molar-refractivity contribution in [2.24, 2.45) is 0 Å². The molecular weight excluding hydrogens is 172 g/mol. The van der Waals surface area contributed by atoms with Crippen LogP contribution in [0.1, 0.15) is 28.7 Å². The topological polar surface area (TPSA) is 20.2 Å². The Morgan fingerprint density at radius 1 is 1.14 bits per heavy atom. The molecule has 74 valence electrons. The van der Waals surface area contributed by atoms with Crippen LogP contribution in [0, 0.1) is 32.6 Å². The van der Waals surface area contributed by atoms with Crippen molar-refractivity contribution in [3.8, 4) is 11.8 Å². The van der Waals surface area contributed by atoms with Gasteiger partial charge in [0.05, 0.1) is 6.61 Å². The van der Waals surface area contributed by atoms with Gasteiger partial charge in [0, 0.05) is 12.0 Å². The molecule has 0 heterocycles. The molecule has 0 aromatic heterocycles. The third-order valence-corrected chi connectivity index (χ3v) is 2.13. The van der Waals surface area contributed by atoms with Gasteiger partial charge in [0.1, 0.15) is 0 Å². The number of benzene rings is 1. The number of hydrogen-bond acceptors (Lipinski definition) is 1. The molecule has 0 saturated heterocycles. The van der Waals surface area contributed by atoms with Crippen molar-refractivity contribution in [2.45, 2.75) is 27.2 Å². The van der Waals surface area contributed by atoms with E-state index in [1.165, 1.54) is 16.7 Å². The first-order valence-electron chi connectivity index (χ1n) is 4.82. The minimum atomic E-state index is 0.136. The molecule has 0 saturated carbocycles. The Labute approximate surface area is 85.8 Å². The Balaban J connectivity index is 3.04. The molecule has 0 aliphatic rings. The number of rotatable bonds is 1. The summed E-state index contributed by atoms with van der Waals surface area (Å²) in [4.78, 5) is 0. The summed E-state index contributed by atoms with van der Waals surface area (Å²) in [7, 11) is 0. The molecule has 0 unspecified atom stereocenters. The summed E-state index contributed by atoms with van der Waals surface area (Å²) in [5.41, 5.74) is 4.80. The smallest absolute Gasteiger partial charge is 0.0540 e. The number of hydrogen-bond donors (Lipinski definition) is 1. The number of aryl methyl sites for hydroxylation is 3. The summed E-state index contributed by atoms with van der Waals surface area (Å²) in [5.74, 6) is 6.05. The largest absolute Gasteiger partial charge is 0.395 e. The first-order chi connectivity index (χ1) is 6.65. The molecule has 1 aromatic carbocycles. The van der Waals surface area contributed by atoms with E-state index >= 15 is 0 Å². The van der Waals surface area contributed by atoms with Gasteiger partial charge in [0.2, 0.25) is 0 Å². The molecule has 0 radical (unpaired) electrons. The second-order valence-electron chi connectivity index (χ2n) is 3.55. The van der Waals surface area contributed by atoms with Crippen molar-refractivity contribution in [3.63, 3.8) is 0 Å². The van der Waals surface area contributed by atoms with Gasteiger partial charge in [-0.25, -0.2) is 0 Å². The molecule has 1 heteroatoms. The van der Waals surface area contributed by atoms with Gasteiger partial charge in [-0.2, -0.15) is 0 Å². The summed E-state index contributed by atoms with van der Waals surface area (Å²) < 4.78 is 0. The molecule has 1 aromatic rings. The van der Waals surface area contributed by atoms with Crippen LogP contribution in [0.2, 0.25) is 0 Å². The van der Waals surface area contributed by atoms with Crippen LogP contribution in [0.3, 0.4) is 0 Å². The zero-order chi connectivity index (χ0) is 10.6. The predicted molar refractivity (Wildman–Crippen MR) is 59.2 cm³/mol. The van der Waals surface area contributed by atoms with E-state index in [1.54, 1.807) is 0 Å². The zero-order valence-corrected chi connectivity index (χ0v) is 9.02. The minimum absolute atomic E-state index is 0.136. The molecule has 0 aliphatic carbocycles. The summed E-state index contributed by atoms with van der Waals surface area (Å²) in [6, 6.07) is 4.27. The minimum Gasteiger partial charge on any atom is -0.395 e. The SMILES string of the molecule is Cc1cc(C)c(C#CCCO)c(C)c1. The third kappa shape index (κ3) is 2.61. The lowest BCUT2D eigenvalue weighted by molar-refractivity contribution is 0.305. The first kappa shape index (κ1) is 10.8. The Bertz CT molecular complexity index is 357. The second-order valence-corrected chi connectivity index (χ2v) is 3.55. The Hall–Kier alpha value is -1.26. The summed E-state index contributed by atoms with van der Waals surface area (Å²) in [6.07, 6.45) is 0.548. The molecular formula is C13H16O. The molecule has 1 rings (SSSR count). The molecule has 0 atom stereocenters. The van der Waals surface area contributed by atoms with Crippen LogP contribution in [0.4, 0.5) is 0 Å². The Kier molecular flexibility index (Phi) is 3.73. The summed E-state index contributed by atoms with van der Waals surface area (Å²) in [6.45, 7) is 6.37. The van der Waals surface area contributed by atoms with E-state index < -0.39 is 0 Å². The fraction of sp³-hybridized carbons (Fsp3) is 0.385. The Morgan fingerprint density at radius 3 is 2.21 bits per heavy atom. The van der Waals surface area contributed by atoms with Crippen LogP contribution < -0.4 is 0 Å². The lowest BCUT2D eigenvalue weighted by Crippen LogP contribution is -1.89. The molecule has 14 heavy (non-hydrogen) atoms. The van der Waals surface area contributed by atoms with Gasteiger partial charge >= 0.3 is 0 Å². The highest BCUT2D eigenvalue weighted by Gasteiger charge is 1.99. The van der Waals surface area contributed by atoms with Crippen LogP contribution >= 0.6 is 0 Å². The molecule has 1 nitrogen and oxygen atoms in total. The molecule has 0 spiro atoms. The monoisotopic (exact) mass is 188 g/mol. The van der Waals surface area contributed by atoms with Crippen molar-refractivity contribution in [2.75, 3.05) is 6.61 Å². The molecule has 0 fully saturated rings. The van der Waals surface area contributed by atoms with E-state index in [9.17, 15) is 0 Å². The lowest BCUT2D eigenvalue weighted by atomic mass is 10.0.